The van der Waals surface area contributed by atoms with Crippen molar-refractivity contribution in [2.24, 2.45) is 0 Å². The Morgan fingerprint density at radius 1 is 1.08 bits per heavy atom. The van der Waals surface area contributed by atoms with E-state index in [1.807, 2.05) is 6.07 Å². The fraction of sp³-hybridized carbons (Fsp3) is 0.364. The Labute approximate surface area is 95.7 Å². The van der Waals surface area contributed by atoms with Crippen LogP contribution in [-0.2, 0) is 11.2 Å². The van der Waals surface area contributed by atoms with Crippen molar-refractivity contribution in [2.75, 3.05) is 0 Å². The molecule has 68 valence electrons. The fourth-order valence-electron chi connectivity index (χ4n) is 1.20. The van der Waals surface area contributed by atoms with Crippen LogP contribution >= 0.6 is 0 Å². The number of hydrogen-bond acceptors (Lipinski definition) is 1. The fourth-order valence-corrected chi connectivity index (χ4v) is 1.20. The van der Waals surface area contributed by atoms with Crippen LogP contribution in [-0.4, -0.2) is 29.3 Å². The van der Waals surface area contributed by atoms with Crippen LogP contribution in [0.3, 0.4) is 0 Å². The molecular formula is C11H16MgO. The summed E-state index contributed by atoms with van der Waals surface area (Å²) >= 11 is 0. The number of carbonyl (C=O) groups excluding carboxylic acids is 1. The second kappa shape index (κ2) is 8.26. The Bertz CT molecular complexity index is 221. The molecule has 0 radical (unpaired) electrons. The summed E-state index contributed by atoms with van der Waals surface area (Å²) in [5.74, 6) is 0. The first-order valence-electron chi connectivity index (χ1n) is 4.41. The molecule has 0 aromatic heterocycles. The summed E-state index contributed by atoms with van der Waals surface area (Å²) in [6.07, 6.45) is 4.91. The predicted molar refractivity (Wildman–Crippen MR) is 58.6 cm³/mol. The first kappa shape index (κ1) is 12.7. The summed E-state index contributed by atoms with van der Waals surface area (Å²) in [7, 11) is 0. The van der Waals surface area contributed by atoms with Crippen molar-refractivity contribution < 1.29 is 4.79 Å². The highest BCUT2D eigenvalue weighted by Crippen LogP contribution is 2.04. The lowest BCUT2D eigenvalue weighted by atomic mass is 10.1. The number of aldehydes is 1. The molecule has 0 aliphatic heterocycles. The maximum absolute atomic E-state index is 10.0. The van der Waals surface area contributed by atoms with E-state index in [0.29, 0.717) is 6.42 Å². The molecule has 0 spiro atoms. The molecule has 0 atom stereocenters. The average molecular weight is 189 g/mol. The lowest BCUT2D eigenvalue weighted by Gasteiger charge is -1.97. The summed E-state index contributed by atoms with van der Waals surface area (Å²) in [5.41, 5.74) is 1.36. The molecule has 1 nitrogen and oxygen atoms in total. The van der Waals surface area contributed by atoms with Gasteiger partial charge in [-0.25, -0.2) is 0 Å². The van der Waals surface area contributed by atoms with Gasteiger partial charge in [-0.15, -0.1) is 0 Å². The molecule has 0 saturated heterocycles. The van der Waals surface area contributed by atoms with E-state index < -0.39 is 0 Å². The molecule has 0 fully saturated rings. The summed E-state index contributed by atoms with van der Waals surface area (Å²) < 4.78 is 0. The molecule has 1 aromatic carbocycles. The van der Waals surface area contributed by atoms with Crippen LogP contribution < -0.4 is 0 Å². The normalized spacial score (nSPS) is 8.92. The number of hydrogen-bond donors (Lipinski definition) is 0. The van der Waals surface area contributed by atoms with E-state index in [1.54, 1.807) is 0 Å². The Hall–Kier alpha value is -0.344. The van der Waals surface area contributed by atoms with E-state index in [4.69, 9.17) is 0 Å². The van der Waals surface area contributed by atoms with Crippen molar-refractivity contribution in [3.63, 3.8) is 0 Å². The van der Waals surface area contributed by atoms with Crippen LogP contribution in [0.25, 0.3) is 0 Å². The quantitative estimate of drug-likeness (QED) is 0.390. The van der Waals surface area contributed by atoms with E-state index in [0.717, 1.165) is 25.5 Å². The van der Waals surface area contributed by atoms with Crippen molar-refractivity contribution in [3.8, 4) is 0 Å². The van der Waals surface area contributed by atoms with Crippen LogP contribution in [0.1, 0.15) is 24.8 Å². The smallest absolute Gasteiger partial charge is 0.303 e. The van der Waals surface area contributed by atoms with Gasteiger partial charge in [0.2, 0.25) is 0 Å². The summed E-state index contributed by atoms with van der Waals surface area (Å²) in [6, 6.07) is 10.4. The van der Waals surface area contributed by atoms with Gasteiger partial charge >= 0.3 is 23.1 Å². The van der Waals surface area contributed by atoms with Gasteiger partial charge in [-0.2, -0.15) is 0 Å². The predicted octanol–water partition coefficient (Wildman–Crippen LogP) is 1.68. The molecule has 0 saturated carbocycles. The van der Waals surface area contributed by atoms with Crippen molar-refractivity contribution in [3.05, 3.63) is 35.9 Å². The first-order chi connectivity index (χ1) is 5.93. The maximum Gasteiger partial charge on any atom is 0.316 e. The third-order valence-electron chi connectivity index (χ3n) is 1.88. The third-order valence-corrected chi connectivity index (χ3v) is 1.88. The Morgan fingerprint density at radius 3 is 2.38 bits per heavy atom. The molecule has 0 N–H and O–H groups in total. The molecule has 1 rings (SSSR count). The van der Waals surface area contributed by atoms with Gasteiger partial charge in [-0.1, -0.05) is 30.3 Å². The lowest BCUT2D eigenvalue weighted by molar-refractivity contribution is -0.107. The summed E-state index contributed by atoms with van der Waals surface area (Å²) in [4.78, 5) is 10.0. The molecule has 0 aliphatic rings. The zero-order chi connectivity index (χ0) is 8.65. The third kappa shape index (κ3) is 5.83. The number of benzene rings is 1. The van der Waals surface area contributed by atoms with Crippen molar-refractivity contribution in [1.29, 1.82) is 0 Å². The van der Waals surface area contributed by atoms with Gasteiger partial charge in [0.1, 0.15) is 6.29 Å². The van der Waals surface area contributed by atoms with Gasteiger partial charge in [0.15, 0.2) is 0 Å². The first-order valence-corrected chi connectivity index (χ1v) is 4.41. The van der Waals surface area contributed by atoms with E-state index in [-0.39, 0.29) is 23.1 Å². The minimum absolute atomic E-state index is 0. The molecule has 13 heavy (non-hydrogen) atoms. The highest BCUT2D eigenvalue weighted by Gasteiger charge is 1.90. The molecular weight excluding hydrogens is 172 g/mol. The summed E-state index contributed by atoms with van der Waals surface area (Å²) in [6.45, 7) is 0. The van der Waals surface area contributed by atoms with E-state index >= 15 is 0 Å². The van der Waals surface area contributed by atoms with Crippen molar-refractivity contribution in [1.82, 2.24) is 0 Å². The van der Waals surface area contributed by atoms with Crippen LogP contribution in [0, 0.1) is 0 Å². The maximum atomic E-state index is 10.0. The summed E-state index contributed by atoms with van der Waals surface area (Å²) in [5, 5.41) is 0. The number of aryl methyl sites for hydroxylation is 1. The Kier molecular flexibility index (Phi) is 8.04. The van der Waals surface area contributed by atoms with Crippen LogP contribution in [0.15, 0.2) is 30.3 Å². The Balaban J connectivity index is 0.00000144. The number of unbranched alkanes of at least 4 members (excludes halogenated alkanes) is 2. The molecule has 2 heteroatoms. The van der Waals surface area contributed by atoms with Gasteiger partial charge in [-0.05, 0) is 24.8 Å². The minimum Gasteiger partial charge on any atom is -0.303 e. The van der Waals surface area contributed by atoms with Gasteiger partial charge < -0.3 is 4.79 Å². The number of rotatable bonds is 5. The second-order valence-electron chi connectivity index (χ2n) is 2.90. The molecule has 1 aromatic rings. The monoisotopic (exact) mass is 188 g/mol. The number of carbonyl (C=O) groups is 1. The van der Waals surface area contributed by atoms with Crippen LogP contribution in [0.2, 0.25) is 0 Å². The van der Waals surface area contributed by atoms with Crippen molar-refractivity contribution in [2.45, 2.75) is 25.7 Å². The molecule has 0 heterocycles. The van der Waals surface area contributed by atoms with Gasteiger partial charge in [0, 0.05) is 6.42 Å². The zero-order valence-electron chi connectivity index (χ0n) is 7.20. The zero-order valence-corrected chi connectivity index (χ0v) is 7.20. The highest BCUT2D eigenvalue weighted by molar-refractivity contribution is 5.75. The molecule has 0 unspecified atom stereocenters. The van der Waals surface area contributed by atoms with E-state index in [2.05, 4.69) is 24.3 Å². The van der Waals surface area contributed by atoms with E-state index in [1.165, 1.54) is 5.56 Å². The van der Waals surface area contributed by atoms with Gasteiger partial charge in [0.25, 0.3) is 0 Å². The molecule has 0 amide bonds. The largest absolute Gasteiger partial charge is 0.316 e. The minimum atomic E-state index is 0. The SMILES string of the molecule is O=CCCCCc1ccccc1.[MgH2]. The average Bonchev–Trinajstić information content (AvgIpc) is 2.14. The second-order valence-corrected chi connectivity index (χ2v) is 2.90. The molecule has 0 bridgehead atoms. The standard InChI is InChI=1S/C11H14O.Mg.2H/c12-10-6-2-5-9-11-7-3-1-4-8-11;;;/h1,3-4,7-8,10H,2,5-6,9H2;;;. The lowest BCUT2D eigenvalue weighted by Crippen LogP contribution is -1.85. The van der Waals surface area contributed by atoms with Crippen molar-refractivity contribution >= 4 is 29.3 Å². The van der Waals surface area contributed by atoms with Gasteiger partial charge in [-0.3, -0.25) is 0 Å². The van der Waals surface area contributed by atoms with E-state index in [9.17, 15) is 4.79 Å². The highest BCUT2D eigenvalue weighted by atomic mass is 24.3. The van der Waals surface area contributed by atoms with Crippen LogP contribution in [0.5, 0.6) is 0 Å². The molecule has 0 aliphatic carbocycles. The van der Waals surface area contributed by atoms with Crippen LogP contribution in [0.4, 0.5) is 0 Å². The topological polar surface area (TPSA) is 17.1 Å². The Morgan fingerprint density at radius 2 is 1.77 bits per heavy atom. The van der Waals surface area contributed by atoms with Gasteiger partial charge in [0.05, 0.1) is 0 Å².